The van der Waals surface area contributed by atoms with Crippen molar-refractivity contribution < 1.29 is 17.5 Å². The third-order valence-electron chi connectivity index (χ3n) is 5.65. The van der Waals surface area contributed by atoms with Crippen LogP contribution in [0.4, 0.5) is 30.6 Å². The molecule has 5 rings (SSSR count). The molecule has 176 valence electrons. The number of H-pyrrole nitrogens is 1. The van der Waals surface area contributed by atoms with Crippen LogP contribution in [0.1, 0.15) is 15.4 Å². The Morgan fingerprint density at radius 3 is 2.55 bits per heavy atom. The lowest BCUT2D eigenvalue weighted by Crippen LogP contribution is -2.47. The summed E-state index contributed by atoms with van der Waals surface area (Å²) in [5.74, 6) is 1.31. The Balaban J connectivity index is 0.00000152. The van der Waals surface area contributed by atoms with E-state index < -0.39 is 11.7 Å². The van der Waals surface area contributed by atoms with Crippen molar-refractivity contribution in [2.75, 3.05) is 41.7 Å². The van der Waals surface area contributed by atoms with Crippen LogP contribution in [0.15, 0.2) is 42.7 Å². The van der Waals surface area contributed by atoms with Gasteiger partial charge in [-0.3, -0.25) is 0 Å². The standard InChI is InChI=1S/C22H21F3N8.3H2/c1-13-4-5-15-16(11-13)30-20(29-15)18-19(26)28-12-17(31-18)32-7-9-33(10-8-32)21-14(22(23,24)25)3-2-6-27-21;;;/h2-6,11-12H,7-10H2,1H3,(H2,26,28)(H,29,30);3*1H. The van der Waals surface area contributed by atoms with Crippen LogP contribution in [-0.2, 0) is 6.18 Å². The second kappa shape index (κ2) is 7.91. The summed E-state index contributed by atoms with van der Waals surface area (Å²) >= 11 is 0. The van der Waals surface area contributed by atoms with Gasteiger partial charge in [-0.2, -0.15) is 13.2 Å². The average Bonchev–Trinajstić information content (AvgIpc) is 3.22. The largest absolute Gasteiger partial charge is 0.419 e. The molecular weight excluding hydrogens is 433 g/mol. The molecule has 0 saturated carbocycles. The summed E-state index contributed by atoms with van der Waals surface area (Å²) in [6, 6.07) is 8.24. The Hall–Kier alpha value is -3.89. The summed E-state index contributed by atoms with van der Waals surface area (Å²) < 4.78 is 40.1. The molecule has 4 aromatic rings. The molecule has 0 atom stereocenters. The van der Waals surface area contributed by atoms with Gasteiger partial charge >= 0.3 is 6.18 Å². The minimum absolute atomic E-state index is 0. The molecule has 1 fully saturated rings. The number of aromatic amines is 1. The van der Waals surface area contributed by atoms with Crippen LogP contribution >= 0.6 is 0 Å². The number of imidazole rings is 1. The van der Waals surface area contributed by atoms with E-state index in [2.05, 4.69) is 24.9 Å². The van der Waals surface area contributed by atoms with E-state index >= 15 is 0 Å². The van der Waals surface area contributed by atoms with E-state index in [0.29, 0.717) is 43.5 Å². The maximum absolute atomic E-state index is 13.4. The molecule has 1 aliphatic heterocycles. The molecule has 0 spiro atoms. The number of aryl methyl sites for hydroxylation is 1. The number of hydrogen-bond acceptors (Lipinski definition) is 7. The van der Waals surface area contributed by atoms with Crippen molar-refractivity contribution in [3.63, 3.8) is 0 Å². The quantitative estimate of drug-likeness (QED) is 0.468. The summed E-state index contributed by atoms with van der Waals surface area (Å²) in [5, 5.41) is 0. The number of pyridine rings is 1. The molecule has 0 amide bonds. The number of piperazine rings is 1. The molecule has 0 aliphatic carbocycles. The van der Waals surface area contributed by atoms with Gasteiger partial charge in [-0.15, -0.1) is 0 Å². The van der Waals surface area contributed by atoms with Crippen molar-refractivity contribution in [1.82, 2.24) is 24.9 Å². The minimum Gasteiger partial charge on any atom is -0.382 e. The summed E-state index contributed by atoms with van der Waals surface area (Å²) in [6.07, 6.45) is -1.50. The molecule has 3 aromatic heterocycles. The molecule has 0 radical (unpaired) electrons. The van der Waals surface area contributed by atoms with E-state index in [1.54, 1.807) is 11.1 Å². The van der Waals surface area contributed by atoms with Crippen LogP contribution in [0, 0.1) is 6.92 Å². The van der Waals surface area contributed by atoms with Gasteiger partial charge in [0.2, 0.25) is 0 Å². The van der Waals surface area contributed by atoms with Crippen molar-refractivity contribution in [3.8, 4) is 11.5 Å². The van der Waals surface area contributed by atoms with Crippen molar-refractivity contribution in [2.45, 2.75) is 13.1 Å². The molecular formula is C22H27F3N8. The highest BCUT2D eigenvalue weighted by atomic mass is 19.4. The molecule has 11 heteroatoms. The van der Waals surface area contributed by atoms with Gasteiger partial charge in [0.05, 0.1) is 22.8 Å². The predicted octanol–water partition coefficient (Wildman–Crippen LogP) is 4.39. The van der Waals surface area contributed by atoms with Gasteiger partial charge in [0.15, 0.2) is 17.3 Å². The van der Waals surface area contributed by atoms with Crippen molar-refractivity contribution in [2.24, 2.45) is 0 Å². The summed E-state index contributed by atoms with van der Waals surface area (Å²) in [7, 11) is 0. The second-order valence-electron chi connectivity index (χ2n) is 7.91. The zero-order chi connectivity index (χ0) is 23.2. The number of rotatable bonds is 3. The molecule has 1 saturated heterocycles. The van der Waals surface area contributed by atoms with Crippen LogP contribution in [0.2, 0.25) is 0 Å². The fourth-order valence-electron chi connectivity index (χ4n) is 3.97. The van der Waals surface area contributed by atoms with E-state index in [-0.39, 0.29) is 15.9 Å². The number of aromatic nitrogens is 5. The first-order valence-electron chi connectivity index (χ1n) is 10.4. The number of halogens is 3. The summed E-state index contributed by atoms with van der Waals surface area (Å²) in [6.45, 7) is 3.66. The van der Waals surface area contributed by atoms with Crippen molar-refractivity contribution in [3.05, 3.63) is 53.9 Å². The number of nitrogens with zero attached hydrogens (tertiary/aromatic N) is 6. The number of benzene rings is 1. The van der Waals surface area contributed by atoms with Gasteiger partial charge in [0, 0.05) is 36.7 Å². The Morgan fingerprint density at radius 2 is 1.79 bits per heavy atom. The topological polar surface area (TPSA) is 99.8 Å². The Labute approximate surface area is 191 Å². The van der Waals surface area contributed by atoms with Gasteiger partial charge in [-0.05, 0) is 36.8 Å². The Morgan fingerprint density at radius 1 is 1.03 bits per heavy atom. The van der Waals surface area contributed by atoms with Crippen LogP contribution < -0.4 is 15.5 Å². The molecule has 33 heavy (non-hydrogen) atoms. The van der Waals surface area contributed by atoms with Crippen molar-refractivity contribution >= 4 is 28.5 Å². The Kier molecular flexibility index (Phi) is 5.03. The summed E-state index contributed by atoms with van der Waals surface area (Å²) in [4.78, 5) is 24.4. The lowest BCUT2D eigenvalue weighted by atomic mass is 10.2. The first kappa shape index (κ1) is 21.0. The maximum atomic E-state index is 13.4. The van der Waals surface area contributed by atoms with E-state index in [1.807, 2.05) is 30.0 Å². The number of nitrogens with one attached hydrogen (secondary N) is 1. The van der Waals surface area contributed by atoms with Crippen LogP contribution in [0.5, 0.6) is 0 Å². The van der Waals surface area contributed by atoms with E-state index in [4.69, 9.17) is 5.73 Å². The number of nitrogens with two attached hydrogens (primary N) is 1. The Bertz CT molecular complexity index is 1320. The third-order valence-corrected chi connectivity index (χ3v) is 5.65. The predicted molar refractivity (Wildman–Crippen MR) is 126 cm³/mol. The fourth-order valence-corrected chi connectivity index (χ4v) is 3.97. The SMILES string of the molecule is Cc1ccc2nc(-c3nc(N4CCN(c5ncccc5C(F)(F)F)CC4)cnc3N)[nH]c2c1.[HH].[HH].[HH]. The number of nitrogen functional groups attached to an aromatic ring is 1. The number of alkyl halides is 3. The molecule has 3 N–H and O–H groups in total. The average molecular weight is 461 g/mol. The highest BCUT2D eigenvalue weighted by Crippen LogP contribution is 2.35. The first-order valence-corrected chi connectivity index (χ1v) is 10.4. The van der Waals surface area contributed by atoms with Crippen LogP contribution in [0.3, 0.4) is 0 Å². The molecule has 8 nitrogen and oxygen atoms in total. The molecule has 1 aromatic carbocycles. The van der Waals surface area contributed by atoms with Gasteiger partial charge < -0.3 is 20.5 Å². The first-order chi connectivity index (χ1) is 15.8. The highest BCUT2D eigenvalue weighted by Gasteiger charge is 2.36. The zero-order valence-electron chi connectivity index (χ0n) is 17.8. The summed E-state index contributed by atoms with van der Waals surface area (Å²) in [5.41, 5.74) is 8.57. The van der Waals surface area contributed by atoms with Gasteiger partial charge in [-0.25, -0.2) is 19.9 Å². The van der Waals surface area contributed by atoms with Gasteiger partial charge in [0.25, 0.3) is 0 Å². The number of anilines is 3. The van der Waals surface area contributed by atoms with E-state index in [1.165, 1.54) is 12.3 Å². The van der Waals surface area contributed by atoms with Crippen LogP contribution in [0.25, 0.3) is 22.6 Å². The third kappa shape index (κ3) is 4.01. The smallest absolute Gasteiger partial charge is 0.382 e. The molecule has 1 aliphatic rings. The van der Waals surface area contributed by atoms with Crippen LogP contribution in [-0.4, -0.2) is 51.1 Å². The van der Waals surface area contributed by atoms with E-state index in [9.17, 15) is 13.2 Å². The number of fused-ring (bicyclic) bond motifs is 1. The maximum Gasteiger partial charge on any atom is 0.419 e. The zero-order valence-corrected chi connectivity index (χ0v) is 17.8. The second-order valence-corrected chi connectivity index (χ2v) is 7.91. The fraction of sp³-hybridized carbons (Fsp3) is 0.273. The minimum atomic E-state index is -4.46. The lowest BCUT2D eigenvalue weighted by molar-refractivity contribution is -0.137. The molecule has 0 unspecified atom stereocenters. The van der Waals surface area contributed by atoms with Gasteiger partial charge in [-0.1, -0.05) is 6.07 Å². The van der Waals surface area contributed by atoms with E-state index in [0.717, 1.165) is 22.7 Å². The van der Waals surface area contributed by atoms with Crippen molar-refractivity contribution in [1.29, 1.82) is 0 Å². The monoisotopic (exact) mass is 460 g/mol. The highest BCUT2D eigenvalue weighted by molar-refractivity contribution is 5.81. The normalized spacial score (nSPS) is 14.8. The van der Waals surface area contributed by atoms with Gasteiger partial charge in [0.1, 0.15) is 11.6 Å². The lowest BCUT2D eigenvalue weighted by Gasteiger charge is -2.36. The molecule has 4 heterocycles. The molecule has 0 bridgehead atoms. The number of hydrogen-bond donors (Lipinski definition) is 2.